The molecule has 0 amide bonds. The van der Waals surface area contributed by atoms with Crippen LogP contribution in [0.2, 0.25) is 0 Å². The van der Waals surface area contributed by atoms with Crippen LogP contribution in [0.3, 0.4) is 0 Å². The Balaban J connectivity index is 0.00000106. The van der Waals surface area contributed by atoms with Gasteiger partial charge in [-0.15, -0.1) is 0 Å². The molecule has 0 radical (unpaired) electrons. The highest BCUT2D eigenvalue weighted by atomic mass is 15.0. The molecule has 20 heavy (non-hydrogen) atoms. The summed E-state index contributed by atoms with van der Waals surface area (Å²) in [6, 6.07) is 12.3. The average Bonchev–Trinajstić information content (AvgIpc) is 2.53. The second-order valence-electron chi connectivity index (χ2n) is 4.23. The van der Waals surface area contributed by atoms with Crippen LogP contribution in [-0.4, -0.2) is 0 Å². The maximum absolute atomic E-state index is 3.84. The molecule has 1 aliphatic rings. The van der Waals surface area contributed by atoms with Gasteiger partial charge in [-0.1, -0.05) is 51.3 Å². The van der Waals surface area contributed by atoms with Crippen molar-refractivity contribution < 1.29 is 2.85 Å². The van der Waals surface area contributed by atoms with Gasteiger partial charge in [-0.25, -0.2) is 0 Å². The zero-order chi connectivity index (χ0) is 14.5. The Hall–Kier alpha value is -2.48. The lowest BCUT2D eigenvalue weighted by Crippen LogP contribution is -2.06. The minimum Gasteiger partial charge on any atom is -0.352 e. The zero-order valence-electron chi connectivity index (χ0n) is 12.0. The molecule has 0 unspecified atom stereocenters. The summed E-state index contributed by atoms with van der Waals surface area (Å²) in [5.74, 6) is 0. The predicted octanol–water partition coefficient (Wildman–Crippen LogP) is 6.29. The van der Waals surface area contributed by atoms with Gasteiger partial charge >= 0.3 is 0 Å². The van der Waals surface area contributed by atoms with E-state index in [-0.39, 0.29) is 2.85 Å². The fourth-order valence-electron chi connectivity index (χ4n) is 2.18. The summed E-state index contributed by atoms with van der Waals surface area (Å²) < 4.78 is 0. The Morgan fingerprint density at radius 1 is 0.800 bits per heavy atom. The topological polar surface area (TPSA) is 24.1 Å². The van der Waals surface area contributed by atoms with E-state index < -0.39 is 0 Å². The Kier molecular flexibility index (Phi) is 4.26. The van der Waals surface area contributed by atoms with E-state index in [0.717, 1.165) is 33.9 Å². The third kappa shape index (κ3) is 2.45. The lowest BCUT2D eigenvalue weighted by molar-refractivity contribution is 1.43. The van der Waals surface area contributed by atoms with E-state index in [1.54, 1.807) is 0 Å². The van der Waals surface area contributed by atoms with Crippen LogP contribution in [0.15, 0.2) is 49.6 Å². The highest BCUT2D eigenvalue weighted by molar-refractivity contribution is 5.92. The standard InChI is InChI=1S/C16H14N2.C2H6.2H2/c1-3-11-9-15-16(10-12(11)4-2)18-14-8-6-5-7-13(14)17-15;1-2;;/h3-10,17-18H,1-2H2;1-2H3;2*1H. The molecule has 0 saturated heterocycles. The number of hydrogen-bond acceptors (Lipinski definition) is 2. The molecule has 1 heterocycles. The molecule has 2 heteroatoms. The molecule has 0 aromatic heterocycles. The van der Waals surface area contributed by atoms with Crippen LogP contribution in [-0.2, 0) is 0 Å². The van der Waals surface area contributed by atoms with Crippen molar-refractivity contribution in [1.29, 1.82) is 0 Å². The van der Waals surface area contributed by atoms with Crippen LogP contribution in [0.1, 0.15) is 27.8 Å². The fraction of sp³-hybridized carbons (Fsp3) is 0.111. The lowest BCUT2D eigenvalue weighted by atomic mass is 10.0. The highest BCUT2D eigenvalue weighted by Crippen LogP contribution is 2.39. The van der Waals surface area contributed by atoms with Crippen molar-refractivity contribution in [2.75, 3.05) is 10.6 Å². The monoisotopic (exact) mass is 268 g/mol. The van der Waals surface area contributed by atoms with Gasteiger partial charge in [-0.2, -0.15) is 0 Å². The van der Waals surface area contributed by atoms with Crippen LogP contribution in [0.25, 0.3) is 12.2 Å². The summed E-state index contributed by atoms with van der Waals surface area (Å²) >= 11 is 0. The third-order valence-electron chi connectivity index (χ3n) is 3.13. The number of anilines is 4. The number of para-hydroxylation sites is 2. The third-order valence-corrected chi connectivity index (χ3v) is 3.13. The summed E-state index contributed by atoms with van der Waals surface area (Å²) in [5.41, 5.74) is 6.47. The van der Waals surface area contributed by atoms with E-state index >= 15 is 0 Å². The van der Waals surface area contributed by atoms with Crippen molar-refractivity contribution in [3.05, 3.63) is 60.7 Å². The summed E-state index contributed by atoms with van der Waals surface area (Å²) in [5, 5.41) is 6.84. The van der Waals surface area contributed by atoms with Crippen LogP contribution in [0.4, 0.5) is 22.7 Å². The van der Waals surface area contributed by atoms with Crippen LogP contribution >= 0.6 is 0 Å². The van der Waals surface area contributed by atoms with E-state index in [2.05, 4.69) is 48.1 Å². The van der Waals surface area contributed by atoms with Gasteiger partial charge in [0, 0.05) is 2.85 Å². The first kappa shape index (κ1) is 13.9. The second kappa shape index (κ2) is 6.11. The molecule has 106 valence electrons. The van der Waals surface area contributed by atoms with Crippen LogP contribution in [0.5, 0.6) is 0 Å². The highest BCUT2D eigenvalue weighted by Gasteiger charge is 2.14. The Bertz CT molecular complexity index is 596. The molecule has 0 aliphatic carbocycles. The van der Waals surface area contributed by atoms with Crippen molar-refractivity contribution >= 4 is 34.9 Å². The first-order valence-corrected chi connectivity index (χ1v) is 6.88. The molecule has 0 spiro atoms. The number of nitrogens with one attached hydrogen (secondary N) is 2. The molecule has 2 aromatic rings. The summed E-state index contributed by atoms with van der Waals surface area (Å²) in [4.78, 5) is 0. The Morgan fingerprint density at radius 2 is 1.20 bits per heavy atom. The molecule has 3 rings (SSSR count). The van der Waals surface area contributed by atoms with Gasteiger partial charge in [-0.05, 0) is 35.4 Å². The molecule has 1 aliphatic heterocycles. The van der Waals surface area contributed by atoms with Crippen molar-refractivity contribution in [2.24, 2.45) is 0 Å². The molecule has 0 atom stereocenters. The molecular weight excluding hydrogens is 244 g/mol. The largest absolute Gasteiger partial charge is 0.352 e. The quantitative estimate of drug-likeness (QED) is 0.570. The maximum atomic E-state index is 3.84. The minimum atomic E-state index is 0. The zero-order valence-corrected chi connectivity index (χ0v) is 12.0. The van der Waals surface area contributed by atoms with Crippen molar-refractivity contribution in [1.82, 2.24) is 0 Å². The SMILES string of the molecule is C=Cc1cc2c(cc1C=C)Nc1ccccc1N2.CC.[HH].[HH]. The van der Waals surface area contributed by atoms with Gasteiger partial charge in [-0.3, -0.25) is 0 Å². The van der Waals surface area contributed by atoms with E-state index in [1.807, 2.05) is 38.1 Å². The van der Waals surface area contributed by atoms with Gasteiger partial charge in [0.2, 0.25) is 0 Å². The van der Waals surface area contributed by atoms with Crippen molar-refractivity contribution in [3.63, 3.8) is 0 Å². The first-order chi connectivity index (χ1) is 9.81. The number of benzene rings is 2. The summed E-state index contributed by atoms with van der Waals surface area (Å²) in [7, 11) is 0. The summed E-state index contributed by atoms with van der Waals surface area (Å²) in [6.07, 6.45) is 3.69. The molecule has 0 saturated carbocycles. The van der Waals surface area contributed by atoms with Gasteiger partial charge < -0.3 is 10.6 Å². The second-order valence-corrected chi connectivity index (χ2v) is 4.23. The number of fused-ring (bicyclic) bond motifs is 2. The molecule has 2 nitrogen and oxygen atoms in total. The predicted molar refractivity (Wildman–Crippen MR) is 95.2 cm³/mol. The van der Waals surface area contributed by atoms with E-state index in [0.29, 0.717) is 0 Å². The Labute approximate surface area is 123 Å². The van der Waals surface area contributed by atoms with Gasteiger partial charge in [0.15, 0.2) is 0 Å². The number of rotatable bonds is 2. The molecule has 2 N–H and O–H groups in total. The summed E-state index contributed by atoms with van der Waals surface area (Å²) in [6.45, 7) is 11.7. The number of hydrogen-bond donors (Lipinski definition) is 2. The fourth-order valence-corrected chi connectivity index (χ4v) is 2.18. The van der Waals surface area contributed by atoms with Crippen LogP contribution < -0.4 is 10.6 Å². The van der Waals surface area contributed by atoms with Crippen LogP contribution in [0, 0.1) is 0 Å². The molecule has 0 bridgehead atoms. The lowest BCUT2D eigenvalue weighted by Gasteiger charge is -2.24. The Morgan fingerprint density at radius 3 is 1.55 bits per heavy atom. The molecular formula is C18H24N2. The van der Waals surface area contributed by atoms with Crippen molar-refractivity contribution in [2.45, 2.75) is 13.8 Å². The molecule has 2 aromatic carbocycles. The van der Waals surface area contributed by atoms with Gasteiger partial charge in [0.1, 0.15) is 0 Å². The van der Waals surface area contributed by atoms with Crippen molar-refractivity contribution in [3.8, 4) is 0 Å². The average molecular weight is 268 g/mol. The van der Waals surface area contributed by atoms with E-state index in [9.17, 15) is 0 Å². The maximum Gasteiger partial charge on any atom is 0.0630 e. The molecule has 0 fully saturated rings. The van der Waals surface area contributed by atoms with E-state index in [1.165, 1.54) is 0 Å². The minimum absolute atomic E-state index is 0. The van der Waals surface area contributed by atoms with Gasteiger partial charge in [0.05, 0.1) is 22.7 Å². The first-order valence-electron chi connectivity index (χ1n) is 6.88. The normalized spacial score (nSPS) is 10.7. The van der Waals surface area contributed by atoms with Gasteiger partial charge in [0.25, 0.3) is 0 Å². The van der Waals surface area contributed by atoms with E-state index in [4.69, 9.17) is 0 Å². The smallest absolute Gasteiger partial charge is 0.0630 e.